The number of carbonyl (C=O) groups excluding carboxylic acids is 1. The van der Waals surface area contributed by atoms with Gasteiger partial charge >= 0.3 is 6.03 Å². The van der Waals surface area contributed by atoms with Gasteiger partial charge in [0.2, 0.25) is 0 Å². The van der Waals surface area contributed by atoms with E-state index in [-0.39, 0.29) is 11.8 Å². The van der Waals surface area contributed by atoms with Crippen LogP contribution in [-0.4, -0.2) is 60.7 Å². The third kappa shape index (κ3) is 3.04. The summed E-state index contributed by atoms with van der Waals surface area (Å²) in [4.78, 5) is 24.2. The molecule has 1 aromatic heterocycles. The van der Waals surface area contributed by atoms with Crippen molar-refractivity contribution in [1.29, 1.82) is 0 Å². The zero-order valence-corrected chi connectivity index (χ0v) is 13.8. The van der Waals surface area contributed by atoms with Crippen LogP contribution in [0.5, 0.6) is 5.75 Å². The number of anilines is 1. The predicted octanol–water partition coefficient (Wildman–Crippen LogP) is 1.63. The Morgan fingerprint density at radius 3 is 2.71 bits per heavy atom. The van der Waals surface area contributed by atoms with Crippen LogP contribution in [-0.2, 0) is 0 Å². The van der Waals surface area contributed by atoms with Crippen molar-refractivity contribution in [3.63, 3.8) is 0 Å². The molecule has 2 heterocycles. The Balaban J connectivity index is 1.84. The zero-order chi connectivity index (χ0) is 17.1. The lowest BCUT2D eigenvalue weighted by Gasteiger charge is -2.35. The monoisotopic (exact) mass is 333 g/mol. The molecule has 0 unspecified atom stereocenters. The molecule has 128 valence electrons. The van der Waals surface area contributed by atoms with Crippen molar-refractivity contribution in [1.82, 2.24) is 20.2 Å². The summed E-state index contributed by atoms with van der Waals surface area (Å²) in [5.74, 6) is 0.448. The van der Waals surface area contributed by atoms with E-state index in [4.69, 9.17) is 4.74 Å². The molecule has 24 heavy (non-hydrogen) atoms. The maximum atomic E-state index is 13.9. The highest BCUT2D eigenvalue weighted by molar-refractivity contribution is 5.90. The number of hydrogen-bond acceptors (Lipinski definition) is 5. The average Bonchev–Trinajstić information content (AvgIpc) is 2.61. The number of urea groups is 1. The van der Waals surface area contributed by atoms with Crippen LogP contribution in [0.1, 0.15) is 6.92 Å². The summed E-state index contributed by atoms with van der Waals surface area (Å²) in [6.07, 6.45) is 1.43. The van der Waals surface area contributed by atoms with Crippen molar-refractivity contribution in [2.75, 3.05) is 44.7 Å². The van der Waals surface area contributed by atoms with Crippen LogP contribution < -0.4 is 15.0 Å². The molecular formula is C16H20FN5O2. The number of benzene rings is 1. The first-order chi connectivity index (χ1) is 11.6. The molecule has 3 rings (SSSR count). The molecule has 8 heteroatoms. The number of halogens is 1. The zero-order valence-electron chi connectivity index (χ0n) is 13.8. The highest BCUT2D eigenvalue weighted by atomic mass is 19.1. The summed E-state index contributed by atoms with van der Waals surface area (Å²) in [6.45, 7) is 5.03. The highest BCUT2D eigenvalue weighted by Crippen LogP contribution is 2.29. The molecule has 1 N–H and O–H groups in total. The Kier molecular flexibility index (Phi) is 4.64. The molecular weight excluding hydrogens is 313 g/mol. The number of nitrogens with zero attached hydrogens (tertiary/aromatic N) is 4. The standard InChI is InChI=1S/C16H20FN5O2/c1-3-18-16(23)22-6-4-21(5-7-22)15-11-8-14(24-2)12(17)9-13(11)19-10-20-15/h8-10H,3-7H2,1-2H3,(H,18,23). The summed E-state index contributed by atoms with van der Waals surface area (Å²) in [5.41, 5.74) is 0.532. The van der Waals surface area contributed by atoms with Gasteiger partial charge in [-0.3, -0.25) is 0 Å². The molecule has 7 nitrogen and oxygen atoms in total. The van der Waals surface area contributed by atoms with Crippen LogP contribution in [0.25, 0.3) is 10.9 Å². The van der Waals surface area contributed by atoms with E-state index in [1.807, 2.05) is 6.92 Å². The van der Waals surface area contributed by atoms with E-state index in [0.717, 1.165) is 11.2 Å². The molecule has 0 spiro atoms. The smallest absolute Gasteiger partial charge is 0.317 e. The molecule has 0 bridgehead atoms. The Bertz CT molecular complexity index is 747. The first-order valence-electron chi connectivity index (χ1n) is 7.90. The molecule has 0 radical (unpaired) electrons. The second-order valence-electron chi connectivity index (χ2n) is 5.51. The van der Waals surface area contributed by atoms with Gasteiger partial charge in [-0.15, -0.1) is 0 Å². The van der Waals surface area contributed by atoms with Gasteiger partial charge < -0.3 is 19.9 Å². The number of fused-ring (bicyclic) bond motifs is 1. The summed E-state index contributed by atoms with van der Waals surface area (Å²) >= 11 is 0. The van der Waals surface area contributed by atoms with Crippen molar-refractivity contribution in [2.24, 2.45) is 0 Å². The summed E-state index contributed by atoms with van der Waals surface area (Å²) in [6, 6.07) is 2.92. The van der Waals surface area contributed by atoms with E-state index >= 15 is 0 Å². The van der Waals surface area contributed by atoms with Gasteiger partial charge in [-0.05, 0) is 13.0 Å². The minimum Gasteiger partial charge on any atom is -0.494 e. The molecule has 1 aliphatic rings. The van der Waals surface area contributed by atoms with Crippen LogP contribution in [0.3, 0.4) is 0 Å². The van der Waals surface area contributed by atoms with E-state index in [9.17, 15) is 9.18 Å². The third-order valence-corrected chi connectivity index (χ3v) is 4.08. The van der Waals surface area contributed by atoms with Crippen molar-refractivity contribution in [2.45, 2.75) is 6.92 Å². The summed E-state index contributed by atoms with van der Waals surface area (Å²) < 4.78 is 18.9. The van der Waals surface area contributed by atoms with Crippen LogP contribution >= 0.6 is 0 Å². The fourth-order valence-corrected chi connectivity index (χ4v) is 2.84. The highest BCUT2D eigenvalue weighted by Gasteiger charge is 2.23. The number of hydrogen-bond donors (Lipinski definition) is 1. The van der Waals surface area contributed by atoms with Crippen LogP contribution in [0.4, 0.5) is 15.0 Å². The average molecular weight is 333 g/mol. The number of ether oxygens (including phenoxy) is 1. The molecule has 0 aliphatic carbocycles. The van der Waals surface area contributed by atoms with E-state index in [0.29, 0.717) is 38.2 Å². The van der Waals surface area contributed by atoms with Gasteiger partial charge in [-0.25, -0.2) is 19.2 Å². The fraction of sp³-hybridized carbons (Fsp3) is 0.438. The molecule has 1 saturated heterocycles. The summed E-state index contributed by atoms with van der Waals surface area (Å²) in [5, 5.41) is 3.54. The normalized spacial score (nSPS) is 14.8. The van der Waals surface area contributed by atoms with Gasteiger partial charge in [0.1, 0.15) is 12.1 Å². The Morgan fingerprint density at radius 1 is 1.29 bits per heavy atom. The number of nitrogens with one attached hydrogen (secondary N) is 1. The van der Waals surface area contributed by atoms with Gasteiger partial charge in [0, 0.05) is 44.2 Å². The van der Waals surface area contributed by atoms with Gasteiger partial charge in [0.25, 0.3) is 0 Å². The Morgan fingerprint density at radius 2 is 2.04 bits per heavy atom. The largest absolute Gasteiger partial charge is 0.494 e. The predicted molar refractivity (Wildman–Crippen MR) is 88.9 cm³/mol. The van der Waals surface area contributed by atoms with Crippen LogP contribution in [0, 0.1) is 5.82 Å². The minimum absolute atomic E-state index is 0.0477. The molecule has 0 atom stereocenters. The molecule has 2 amide bonds. The molecule has 2 aromatic rings. The Labute approximate surface area is 139 Å². The van der Waals surface area contributed by atoms with Gasteiger partial charge in [0.05, 0.1) is 12.6 Å². The first-order valence-corrected chi connectivity index (χ1v) is 7.90. The Hall–Kier alpha value is -2.64. The number of amides is 2. The van der Waals surface area contributed by atoms with Crippen LogP contribution in [0.15, 0.2) is 18.5 Å². The third-order valence-electron chi connectivity index (χ3n) is 4.08. The van der Waals surface area contributed by atoms with Gasteiger partial charge in [-0.1, -0.05) is 0 Å². The van der Waals surface area contributed by atoms with E-state index in [1.54, 1.807) is 11.0 Å². The van der Waals surface area contributed by atoms with Crippen molar-refractivity contribution >= 4 is 22.8 Å². The molecule has 1 aromatic carbocycles. The second kappa shape index (κ2) is 6.86. The molecule has 0 saturated carbocycles. The SMILES string of the molecule is CCNC(=O)N1CCN(c2ncnc3cc(F)c(OC)cc23)CC1. The minimum atomic E-state index is -0.448. The maximum Gasteiger partial charge on any atom is 0.317 e. The van der Waals surface area contributed by atoms with E-state index in [1.165, 1.54) is 19.5 Å². The molecule has 1 aliphatic heterocycles. The van der Waals surface area contributed by atoms with E-state index < -0.39 is 5.82 Å². The fourth-order valence-electron chi connectivity index (χ4n) is 2.84. The first kappa shape index (κ1) is 16.2. The van der Waals surface area contributed by atoms with Crippen molar-refractivity contribution in [3.05, 3.63) is 24.3 Å². The lowest BCUT2D eigenvalue weighted by molar-refractivity contribution is 0.195. The number of aromatic nitrogens is 2. The number of rotatable bonds is 3. The lowest BCUT2D eigenvalue weighted by Crippen LogP contribution is -2.52. The number of carbonyl (C=O) groups is 1. The van der Waals surface area contributed by atoms with Gasteiger partial charge in [-0.2, -0.15) is 0 Å². The van der Waals surface area contributed by atoms with Crippen molar-refractivity contribution < 1.29 is 13.9 Å². The van der Waals surface area contributed by atoms with Gasteiger partial charge in [0.15, 0.2) is 11.6 Å². The van der Waals surface area contributed by atoms with Crippen molar-refractivity contribution in [3.8, 4) is 5.75 Å². The quantitative estimate of drug-likeness (QED) is 0.924. The topological polar surface area (TPSA) is 70.6 Å². The van der Waals surface area contributed by atoms with E-state index in [2.05, 4.69) is 20.2 Å². The lowest BCUT2D eigenvalue weighted by atomic mass is 10.2. The number of methoxy groups -OCH3 is 1. The van der Waals surface area contributed by atoms with Crippen LogP contribution in [0.2, 0.25) is 0 Å². The maximum absolute atomic E-state index is 13.9. The second-order valence-corrected chi connectivity index (χ2v) is 5.51. The molecule has 1 fully saturated rings. The summed E-state index contributed by atoms with van der Waals surface area (Å²) in [7, 11) is 1.43. The number of piperazine rings is 1.